The summed E-state index contributed by atoms with van der Waals surface area (Å²) in [6.45, 7) is 11.9. The van der Waals surface area contributed by atoms with Gasteiger partial charge in [-0.05, 0) is 74.5 Å². The molecule has 0 aliphatic heterocycles. The van der Waals surface area contributed by atoms with Gasteiger partial charge in [-0.1, -0.05) is 71.4 Å². The van der Waals surface area contributed by atoms with Crippen molar-refractivity contribution in [2.75, 3.05) is 0 Å². The van der Waals surface area contributed by atoms with Gasteiger partial charge in [-0.3, -0.25) is 0 Å². The van der Waals surface area contributed by atoms with Crippen molar-refractivity contribution < 1.29 is 0 Å². The van der Waals surface area contributed by atoms with Crippen molar-refractivity contribution in [2.24, 2.45) is 29.1 Å². The van der Waals surface area contributed by atoms with Gasteiger partial charge in [-0.25, -0.2) is 0 Å². The predicted octanol–water partition coefficient (Wildman–Crippen LogP) is 7.78. The Morgan fingerprint density at radius 1 is 1.09 bits per heavy atom. The molecule has 2 aliphatic rings. The summed E-state index contributed by atoms with van der Waals surface area (Å²) < 4.78 is 0. The highest BCUT2D eigenvalue weighted by Crippen LogP contribution is 2.61. The van der Waals surface area contributed by atoms with E-state index in [1.807, 2.05) is 0 Å². The van der Waals surface area contributed by atoms with Gasteiger partial charge in [0.15, 0.2) is 0 Å². The lowest BCUT2D eigenvalue weighted by molar-refractivity contribution is 0.346. The first-order chi connectivity index (χ1) is 11.1. The molecule has 0 aromatic heterocycles. The Bertz CT molecular complexity index is 379. The maximum absolute atomic E-state index is 2.49. The molecule has 2 fully saturated rings. The minimum atomic E-state index is 0.649. The lowest BCUT2D eigenvalue weighted by atomic mass is 9.86. The standard InChI is InChI=1S/C23H42/c1-6-9-11-18(4)12-14-23(17-21(23)8-3)15-13-20-16-22(20)19(5)10-7-2/h8,18-20,22H,6-7,9-17H2,1-5H3. The molecule has 0 radical (unpaired) electrons. The van der Waals surface area contributed by atoms with Crippen molar-refractivity contribution in [3.8, 4) is 0 Å². The summed E-state index contributed by atoms with van der Waals surface area (Å²) in [6.07, 6.45) is 18.4. The molecule has 2 saturated carbocycles. The van der Waals surface area contributed by atoms with E-state index in [0.29, 0.717) is 5.41 Å². The van der Waals surface area contributed by atoms with Crippen molar-refractivity contribution >= 4 is 0 Å². The monoisotopic (exact) mass is 318 g/mol. The molecular weight excluding hydrogens is 276 g/mol. The first-order valence-electron chi connectivity index (χ1n) is 10.7. The number of unbranched alkanes of at least 4 members (excludes halogenated alkanes) is 1. The van der Waals surface area contributed by atoms with Gasteiger partial charge in [0.1, 0.15) is 0 Å². The third-order valence-electron chi connectivity index (χ3n) is 7.05. The Morgan fingerprint density at radius 2 is 1.87 bits per heavy atom. The highest BCUT2D eigenvalue weighted by Gasteiger charge is 2.49. The van der Waals surface area contributed by atoms with Crippen LogP contribution >= 0.6 is 0 Å². The molecular formula is C23H42. The largest absolute Gasteiger partial charge is 0.0879 e. The maximum Gasteiger partial charge on any atom is -0.00504 e. The molecule has 0 saturated heterocycles. The minimum absolute atomic E-state index is 0.649. The van der Waals surface area contributed by atoms with Crippen LogP contribution in [0.15, 0.2) is 11.6 Å². The van der Waals surface area contributed by atoms with Gasteiger partial charge in [0.05, 0.1) is 0 Å². The fourth-order valence-corrected chi connectivity index (χ4v) is 5.00. The predicted molar refractivity (Wildman–Crippen MR) is 104 cm³/mol. The molecule has 0 aromatic carbocycles. The van der Waals surface area contributed by atoms with E-state index in [4.69, 9.17) is 0 Å². The van der Waals surface area contributed by atoms with Gasteiger partial charge in [-0.2, -0.15) is 0 Å². The average molecular weight is 319 g/mol. The Labute approximate surface area is 146 Å². The third-order valence-corrected chi connectivity index (χ3v) is 7.05. The maximum atomic E-state index is 2.49. The van der Waals surface area contributed by atoms with Crippen molar-refractivity contribution in [3.05, 3.63) is 11.6 Å². The van der Waals surface area contributed by atoms with Gasteiger partial charge in [0, 0.05) is 0 Å². The molecule has 23 heavy (non-hydrogen) atoms. The third kappa shape index (κ3) is 5.36. The molecule has 5 atom stereocenters. The van der Waals surface area contributed by atoms with E-state index in [1.165, 1.54) is 70.6 Å². The second-order valence-electron chi connectivity index (χ2n) is 9.02. The van der Waals surface area contributed by atoms with E-state index in [0.717, 1.165) is 23.7 Å². The summed E-state index contributed by atoms with van der Waals surface area (Å²) in [5.74, 6) is 4.06. The van der Waals surface area contributed by atoms with Crippen LogP contribution in [0.4, 0.5) is 0 Å². The zero-order chi connectivity index (χ0) is 16.9. The number of rotatable bonds is 12. The first-order valence-corrected chi connectivity index (χ1v) is 10.7. The SMILES string of the molecule is CC=C1CC1(CCC(C)CCCC)CCC1CC1C(C)CCC. The molecule has 0 aromatic rings. The second-order valence-corrected chi connectivity index (χ2v) is 9.02. The molecule has 134 valence electrons. The van der Waals surface area contributed by atoms with E-state index < -0.39 is 0 Å². The minimum Gasteiger partial charge on any atom is -0.0879 e. The zero-order valence-electron chi connectivity index (χ0n) is 16.7. The highest BCUT2D eigenvalue weighted by molar-refractivity contribution is 5.32. The molecule has 0 amide bonds. The Balaban J connectivity index is 1.72. The molecule has 2 rings (SSSR count). The Kier molecular flexibility index (Phi) is 7.23. The van der Waals surface area contributed by atoms with Crippen molar-refractivity contribution in [1.29, 1.82) is 0 Å². The lowest BCUT2D eigenvalue weighted by Crippen LogP contribution is -2.07. The van der Waals surface area contributed by atoms with Gasteiger partial charge >= 0.3 is 0 Å². The van der Waals surface area contributed by atoms with Crippen LogP contribution in [0.25, 0.3) is 0 Å². The molecule has 2 aliphatic carbocycles. The van der Waals surface area contributed by atoms with Crippen LogP contribution in [0.1, 0.15) is 105 Å². The summed E-state index contributed by atoms with van der Waals surface area (Å²) in [5.41, 5.74) is 2.44. The second kappa shape index (κ2) is 8.72. The topological polar surface area (TPSA) is 0 Å². The summed E-state index contributed by atoms with van der Waals surface area (Å²) in [7, 11) is 0. The van der Waals surface area contributed by atoms with E-state index in [2.05, 4.69) is 40.7 Å². The number of allylic oxidation sites excluding steroid dienone is 2. The van der Waals surface area contributed by atoms with Crippen LogP contribution in [-0.4, -0.2) is 0 Å². The molecule has 0 bridgehead atoms. The van der Waals surface area contributed by atoms with Crippen LogP contribution < -0.4 is 0 Å². The van der Waals surface area contributed by atoms with Crippen molar-refractivity contribution in [2.45, 2.75) is 105 Å². The van der Waals surface area contributed by atoms with E-state index in [1.54, 1.807) is 5.57 Å². The van der Waals surface area contributed by atoms with E-state index in [9.17, 15) is 0 Å². The van der Waals surface area contributed by atoms with E-state index in [-0.39, 0.29) is 0 Å². The van der Waals surface area contributed by atoms with Gasteiger partial charge in [0.25, 0.3) is 0 Å². The molecule has 5 unspecified atom stereocenters. The normalized spacial score (nSPS) is 33.7. The van der Waals surface area contributed by atoms with Crippen LogP contribution in [-0.2, 0) is 0 Å². The van der Waals surface area contributed by atoms with E-state index >= 15 is 0 Å². The van der Waals surface area contributed by atoms with Gasteiger partial charge in [-0.15, -0.1) is 0 Å². The zero-order valence-corrected chi connectivity index (χ0v) is 16.7. The van der Waals surface area contributed by atoms with Crippen molar-refractivity contribution in [1.82, 2.24) is 0 Å². The Hall–Kier alpha value is -0.260. The van der Waals surface area contributed by atoms with Crippen molar-refractivity contribution in [3.63, 3.8) is 0 Å². The van der Waals surface area contributed by atoms with Crippen LogP contribution in [0.3, 0.4) is 0 Å². The molecule has 0 heterocycles. The fourth-order valence-electron chi connectivity index (χ4n) is 5.00. The first kappa shape index (κ1) is 19.1. The smallest absolute Gasteiger partial charge is 0.00504 e. The van der Waals surface area contributed by atoms with Crippen LogP contribution in [0.5, 0.6) is 0 Å². The summed E-state index contributed by atoms with van der Waals surface area (Å²) in [6, 6.07) is 0. The fraction of sp³-hybridized carbons (Fsp3) is 0.913. The summed E-state index contributed by atoms with van der Waals surface area (Å²) in [4.78, 5) is 0. The highest BCUT2D eigenvalue weighted by atomic mass is 14.5. The molecule has 0 nitrogen and oxygen atoms in total. The summed E-state index contributed by atoms with van der Waals surface area (Å²) in [5, 5.41) is 0. The quantitative estimate of drug-likeness (QED) is 0.322. The summed E-state index contributed by atoms with van der Waals surface area (Å²) >= 11 is 0. The van der Waals surface area contributed by atoms with Gasteiger partial charge < -0.3 is 0 Å². The molecule has 0 heteroatoms. The number of hydrogen-bond acceptors (Lipinski definition) is 0. The number of hydrogen-bond donors (Lipinski definition) is 0. The molecule has 0 N–H and O–H groups in total. The van der Waals surface area contributed by atoms with Gasteiger partial charge in [0.2, 0.25) is 0 Å². The van der Waals surface area contributed by atoms with Crippen LogP contribution in [0.2, 0.25) is 0 Å². The molecule has 0 spiro atoms. The lowest BCUT2D eigenvalue weighted by Gasteiger charge is -2.19. The Morgan fingerprint density at radius 3 is 2.48 bits per heavy atom. The van der Waals surface area contributed by atoms with Crippen LogP contribution in [0, 0.1) is 29.1 Å². The average Bonchev–Trinajstić information content (AvgIpc) is 3.43.